The second-order valence-corrected chi connectivity index (χ2v) is 8.72. The maximum Gasteiger partial charge on any atom is 0.303 e. The fourth-order valence-electron chi connectivity index (χ4n) is 3.34. The third-order valence-corrected chi connectivity index (χ3v) is 6.24. The number of hydrogen-bond donors (Lipinski definition) is 2. The highest BCUT2D eigenvalue weighted by Crippen LogP contribution is 2.39. The summed E-state index contributed by atoms with van der Waals surface area (Å²) in [7, 11) is -3.94. The second kappa shape index (κ2) is 8.90. The Morgan fingerprint density at radius 1 is 1.27 bits per heavy atom. The maximum absolute atomic E-state index is 14.0. The molecule has 0 heterocycles. The topological polar surface area (TPSA) is 83.5 Å². The molecule has 1 aromatic rings. The Kier molecular flexibility index (Phi) is 7.11. The van der Waals surface area contributed by atoms with Crippen LogP contribution in [0.1, 0.15) is 44.1 Å². The summed E-state index contributed by atoms with van der Waals surface area (Å²) in [5.74, 6) is -5.81. The molecule has 1 aromatic carbocycles. The molecule has 2 unspecified atom stereocenters. The van der Waals surface area contributed by atoms with Crippen LogP contribution in [-0.4, -0.2) is 37.2 Å². The number of hydrogen-bond acceptors (Lipinski definition) is 3. The quantitative estimate of drug-likeness (QED) is 0.679. The molecule has 8 heteroatoms. The number of benzene rings is 1. The van der Waals surface area contributed by atoms with Crippen LogP contribution in [0.4, 0.5) is 8.78 Å². The third kappa shape index (κ3) is 6.64. The maximum atomic E-state index is 14.0. The van der Waals surface area contributed by atoms with Crippen LogP contribution < -0.4 is 4.72 Å². The van der Waals surface area contributed by atoms with Gasteiger partial charge in [0.25, 0.3) is 5.92 Å². The number of alkyl halides is 2. The first kappa shape index (κ1) is 20.8. The fourth-order valence-corrected chi connectivity index (χ4v) is 5.08. The summed E-state index contributed by atoms with van der Waals surface area (Å²) < 4.78 is 55.3. The number of rotatable bonds is 9. The number of carboxylic acids is 1. The minimum atomic E-state index is -3.94. The molecule has 2 rings (SSSR count). The average Bonchev–Trinajstić information content (AvgIpc) is 2.55. The Morgan fingerprint density at radius 3 is 2.58 bits per heavy atom. The van der Waals surface area contributed by atoms with Crippen molar-refractivity contribution in [3.63, 3.8) is 0 Å². The molecule has 1 saturated carbocycles. The normalized spacial score (nSPS) is 21.2. The molecule has 0 saturated heterocycles. The number of nitrogens with one attached hydrogen (secondary N) is 1. The van der Waals surface area contributed by atoms with Crippen LogP contribution in [0, 0.1) is 5.92 Å². The van der Waals surface area contributed by atoms with Crippen molar-refractivity contribution in [2.45, 2.75) is 56.9 Å². The molecular weight excluding hydrogens is 364 g/mol. The van der Waals surface area contributed by atoms with Gasteiger partial charge in [-0.15, -0.1) is 0 Å². The van der Waals surface area contributed by atoms with Crippen molar-refractivity contribution in [1.82, 2.24) is 4.72 Å². The molecule has 0 aromatic heterocycles. The van der Waals surface area contributed by atoms with Crippen LogP contribution in [0.15, 0.2) is 30.3 Å². The van der Waals surface area contributed by atoms with Crippen LogP contribution in [0.2, 0.25) is 0 Å². The molecule has 0 amide bonds. The first-order chi connectivity index (χ1) is 12.2. The van der Waals surface area contributed by atoms with E-state index in [0.717, 1.165) is 5.56 Å². The zero-order chi connectivity index (χ0) is 19.2. The monoisotopic (exact) mass is 389 g/mol. The minimum absolute atomic E-state index is 0.102. The van der Waals surface area contributed by atoms with Crippen LogP contribution in [-0.2, 0) is 21.2 Å². The van der Waals surface area contributed by atoms with Crippen molar-refractivity contribution in [3.05, 3.63) is 35.9 Å². The van der Waals surface area contributed by atoms with Gasteiger partial charge in [-0.2, -0.15) is 0 Å². The predicted molar refractivity (Wildman–Crippen MR) is 94.6 cm³/mol. The van der Waals surface area contributed by atoms with E-state index < -0.39 is 39.6 Å². The van der Waals surface area contributed by atoms with Gasteiger partial charge in [-0.05, 0) is 31.2 Å². The van der Waals surface area contributed by atoms with Gasteiger partial charge >= 0.3 is 5.97 Å². The largest absolute Gasteiger partial charge is 0.481 e. The summed E-state index contributed by atoms with van der Waals surface area (Å²) in [6, 6.07) is 8.43. The van der Waals surface area contributed by atoms with Crippen molar-refractivity contribution in [2.24, 2.45) is 5.92 Å². The van der Waals surface area contributed by atoms with E-state index in [2.05, 4.69) is 4.72 Å². The standard InChI is InChI=1S/C18H25F2NO4S/c19-18(20)11-5-4-8-15(18)13-26(24,25)21-16(9-10-17(22)23)12-14-6-2-1-3-7-14/h1-3,6-7,15-16,21H,4-5,8-13H2,(H,22,23). The number of halogens is 2. The Morgan fingerprint density at radius 2 is 1.96 bits per heavy atom. The third-order valence-electron chi connectivity index (χ3n) is 4.71. The summed E-state index contributed by atoms with van der Waals surface area (Å²) in [6.07, 6.45) is 1.14. The van der Waals surface area contributed by atoms with Crippen molar-refractivity contribution < 1.29 is 27.1 Å². The van der Waals surface area contributed by atoms with E-state index >= 15 is 0 Å². The molecule has 1 aliphatic rings. The molecule has 1 aliphatic carbocycles. The number of carbonyl (C=O) groups is 1. The SMILES string of the molecule is O=C(O)CCC(Cc1ccccc1)NS(=O)(=O)CC1CCCCC1(F)F. The zero-order valence-electron chi connectivity index (χ0n) is 14.5. The van der Waals surface area contributed by atoms with Gasteiger partial charge in [0.2, 0.25) is 10.0 Å². The molecule has 2 atom stereocenters. The number of aliphatic carboxylic acids is 1. The van der Waals surface area contributed by atoms with Crippen LogP contribution in [0.25, 0.3) is 0 Å². The Balaban J connectivity index is 2.05. The molecule has 1 fully saturated rings. The van der Waals surface area contributed by atoms with Gasteiger partial charge in [-0.25, -0.2) is 21.9 Å². The molecule has 26 heavy (non-hydrogen) atoms. The van der Waals surface area contributed by atoms with Crippen molar-refractivity contribution in [3.8, 4) is 0 Å². The molecule has 2 N–H and O–H groups in total. The molecular formula is C18H25F2NO4S. The zero-order valence-corrected chi connectivity index (χ0v) is 15.4. The summed E-state index contributed by atoms with van der Waals surface area (Å²) >= 11 is 0. The minimum Gasteiger partial charge on any atom is -0.481 e. The average molecular weight is 389 g/mol. The van der Waals surface area contributed by atoms with Gasteiger partial charge < -0.3 is 5.11 Å². The van der Waals surface area contributed by atoms with E-state index in [1.54, 1.807) is 12.1 Å². The predicted octanol–water partition coefficient (Wildman–Crippen LogP) is 3.21. The van der Waals surface area contributed by atoms with Gasteiger partial charge in [0.1, 0.15) is 0 Å². The van der Waals surface area contributed by atoms with Gasteiger partial charge in [-0.3, -0.25) is 4.79 Å². The van der Waals surface area contributed by atoms with Crippen molar-refractivity contribution in [1.29, 1.82) is 0 Å². The van der Waals surface area contributed by atoms with E-state index in [9.17, 15) is 22.0 Å². The van der Waals surface area contributed by atoms with E-state index in [0.29, 0.717) is 19.3 Å². The summed E-state index contributed by atoms with van der Waals surface area (Å²) in [4.78, 5) is 10.8. The Hall–Kier alpha value is -1.54. The molecule has 0 radical (unpaired) electrons. The summed E-state index contributed by atoms with van der Waals surface area (Å²) in [6.45, 7) is 0. The fraction of sp³-hybridized carbons (Fsp3) is 0.611. The summed E-state index contributed by atoms with van der Waals surface area (Å²) in [5.41, 5.74) is 0.855. The number of carboxylic acid groups (broad SMARTS) is 1. The van der Waals surface area contributed by atoms with Gasteiger partial charge in [-0.1, -0.05) is 36.8 Å². The van der Waals surface area contributed by atoms with Gasteiger partial charge in [0.05, 0.1) is 5.75 Å². The molecule has 0 spiro atoms. The van der Waals surface area contributed by atoms with Crippen LogP contribution in [0.3, 0.4) is 0 Å². The first-order valence-electron chi connectivity index (χ1n) is 8.81. The Bertz CT molecular complexity index is 694. The summed E-state index contributed by atoms with van der Waals surface area (Å²) in [5, 5.41) is 8.88. The van der Waals surface area contributed by atoms with E-state index in [1.807, 2.05) is 18.2 Å². The lowest BCUT2D eigenvalue weighted by Gasteiger charge is -2.31. The first-order valence-corrected chi connectivity index (χ1v) is 10.5. The van der Waals surface area contributed by atoms with Crippen molar-refractivity contribution in [2.75, 3.05) is 5.75 Å². The van der Waals surface area contributed by atoms with Gasteiger partial charge in [0, 0.05) is 24.8 Å². The highest BCUT2D eigenvalue weighted by molar-refractivity contribution is 7.89. The lowest BCUT2D eigenvalue weighted by molar-refractivity contribution is -0.137. The smallest absolute Gasteiger partial charge is 0.303 e. The highest BCUT2D eigenvalue weighted by atomic mass is 32.2. The Labute approximate surface area is 152 Å². The lowest BCUT2D eigenvalue weighted by Crippen LogP contribution is -2.44. The second-order valence-electron chi connectivity index (χ2n) is 6.92. The highest BCUT2D eigenvalue weighted by Gasteiger charge is 2.43. The van der Waals surface area contributed by atoms with Crippen LogP contribution in [0.5, 0.6) is 0 Å². The molecule has 5 nitrogen and oxygen atoms in total. The molecule has 0 bridgehead atoms. The van der Waals surface area contributed by atoms with E-state index in [1.165, 1.54) is 0 Å². The van der Waals surface area contributed by atoms with Crippen LogP contribution >= 0.6 is 0 Å². The molecule has 0 aliphatic heterocycles. The number of sulfonamides is 1. The van der Waals surface area contributed by atoms with Crippen molar-refractivity contribution >= 4 is 16.0 Å². The van der Waals surface area contributed by atoms with E-state index in [4.69, 9.17) is 5.11 Å². The lowest BCUT2D eigenvalue weighted by atomic mass is 9.87. The van der Waals surface area contributed by atoms with E-state index in [-0.39, 0.29) is 25.7 Å². The molecule has 146 valence electrons. The van der Waals surface area contributed by atoms with Gasteiger partial charge in [0.15, 0.2) is 0 Å².